The summed E-state index contributed by atoms with van der Waals surface area (Å²) < 4.78 is 2.18. The summed E-state index contributed by atoms with van der Waals surface area (Å²) in [5.74, 6) is 0.730. The zero-order chi connectivity index (χ0) is 21.9. The number of para-hydroxylation sites is 4. The van der Waals surface area contributed by atoms with Crippen molar-refractivity contribution in [3.05, 3.63) is 102 Å². The van der Waals surface area contributed by atoms with Gasteiger partial charge in [-0.25, -0.2) is 4.98 Å². The standard InChI is InChI=1S/C26H22N4OS/c1-2-29-22-16-10-9-15-21(22)27-25(29)23-17-18-24(32-23)26(31)28-30(19-11-5-3-6-12-19)20-13-7-4-8-14-20/h3-18H,2H2,1H3,(H,28,31). The summed E-state index contributed by atoms with van der Waals surface area (Å²) >= 11 is 1.45. The van der Waals surface area contributed by atoms with Crippen LogP contribution in [-0.4, -0.2) is 15.5 Å². The van der Waals surface area contributed by atoms with E-state index in [2.05, 4.69) is 23.0 Å². The van der Waals surface area contributed by atoms with Gasteiger partial charge in [0.05, 0.1) is 32.2 Å². The smallest absolute Gasteiger partial charge is 0.280 e. The highest BCUT2D eigenvalue weighted by Gasteiger charge is 2.18. The van der Waals surface area contributed by atoms with Crippen LogP contribution >= 0.6 is 11.3 Å². The number of carbonyl (C=O) groups excluding carboxylic acids is 1. The van der Waals surface area contributed by atoms with E-state index in [1.165, 1.54) is 11.3 Å². The largest absolute Gasteiger partial charge is 0.324 e. The molecule has 2 aromatic heterocycles. The number of thiophene rings is 1. The van der Waals surface area contributed by atoms with Crippen molar-refractivity contribution in [2.75, 3.05) is 5.01 Å². The maximum absolute atomic E-state index is 13.2. The highest BCUT2D eigenvalue weighted by Crippen LogP contribution is 2.31. The molecule has 5 rings (SSSR count). The van der Waals surface area contributed by atoms with Crippen molar-refractivity contribution < 1.29 is 4.79 Å². The van der Waals surface area contributed by atoms with Gasteiger partial charge in [0.25, 0.3) is 5.91 Å². The lowest BCUT2D eigenvalue weighted by molar-refractivity contribution is 0.0958. The van der Waals surface area contributed by atoms with Crippen LogP contribution in [0, 0.1) is 0 Å². The van der Waals surface area contributed by atoms with E-state index in [0.29, 0.717) is 4.88 Å². The highest BCUT2D eigenvalue weighted by molar-refractivity contribution is 7.17. The third-order valence-electron chi connectivity index (χ3n) is 5.26. The van der Waals surface area contributed by atoms with Crippen molar-refractivity contribution in [2.45, 2.75) is 13.5 Å². The number of nitrogens with zero attached hydrogens (tertiary/aromatic N) is 3. The van der Waals surface area contributed by atoms with Crippen molar-refractivity contribution in [3.63, 3.8) is 0 Å². The number of hydrogen-bond donors (Lipinski definition) is 1. The quantitative estimate of drug-likeness (QED) is 0.318. The number of fused-ring (bicyclic) bond motifs is 1. The van der Waals surface area contributed by atoms with Crippen LogP contribution in [0.15, 0.2) is 97.1 Å². The average Bonchev–Trinajstić information content (AvgIpc) is 3.48. The Morgan fingerprint density at radius 2 is 1.50 bits per heavy atom. The lowest BCUT2D eigenvalue weighted by Crippen LogP contribution is -2.38. The van der Waals surface area contributed by atoms with Crippen molar-refractivity contribution in [3.8, 4) is 10.7 Å². The van der Waals surface area contributed by atoms with Crippen LogP contribution in [0.2, 0.25) is 0 Å². The summed E-state index contributed by atoms with van der Waals surface area (Å²) in [6, 6.07) is 31.6. The first-order chi connectivity index (χ1) is 15.7. The van der Waals surface area contributed by atoms with Crippen LogP contribution in [0.3, 0.4) is 0 Å². The molecule has 1 amide bonds. The van der Waals surface area contributed by atoms with E-state index in [4.69, 9.17) is 4.98 Å². The molecule has 158 valence electrons. The molecule has 0 bridgehead atoms. The fraction of sp³-hybridized carbons (Fsp3) is 0.0769. The molecule has 5 aromatic rings. The van der Waals surface area contributed by atoms with Crippen molar-refractivity contribution >= 4 is 39.7 Å². The number of aromatic nitrogens is 2. The van der Waals surface area contributed by atoms with Gasteiger partial charge in [-0.2, -0.15) is 0 Å². The molecule has 6 heteroatoms. The monoisotopic (exact) mass is 438 g/mol. The predicted molar refractivity (Wildman–Crippen MR) is 131 cm³/mol. The molecule has 0 aliphatic carbocycles. The minimum atomic E-state index is -0.159. The normalized spacial score (nSPS) is 10.9. The molecule has 0 saturated heterocycles. The summed E-state index contributed by atoms with van der Waals surface area (Å²) in [7, 11) is 0. The van der Waals surface area contributed by atoms with Crippen LogP contribution < -0.4 is 10.4 Å². The Morgan fingerprint density at radius 1 is 0.875 bits per heavy atom. The number of imidazole rings is 1. The molecule has 5 nitrogen and oxygen atoms in total. The van der Waals surface area contributed by atoms with Gasteiger partial charge in [-0.15, -0.1) is 11.3 Å². The van der Waals surface area contributed by atoms with Gasteiger partial charge in [-0.05, 0) is 55.5 Å². The lowest BCUT2D eigenvalue weighted by atomic mass is 10.2. The number of benzene rings is 3. The molecule has 0 fully saturated rings. The first-order valence-corrected chi connectivity index (χ1v) is 11.3. The maximum atomic E-state index is 13.2. The SMILES string of the molecule is CCn1c(-c2ccc(C(=O)NN(c3ccccc3)c3ccccc3)s2)nc2ccccc21. The van der Waals surface area contributed by atoms with Gasteiger partial charge in [0.2, 0.25) is 0 Å². The van der Waals surface area contributed by atoms with Crippen molar-refractivity contribution in [1.82, 2.24) is 15.0 Å². The molecule has 3 aromatic carbocycles. The summed E-state index contributed by atoms with van der Waals surface area (Å²) in [4.78, 5) is 19.6. The Bertz CT molecular complexity index is 1320. The number of anilines is 2. The zero-order valence-electron chi connectivity index (χ0n) is 17.6. The summed E-state index contributed by atoms with van der Waals surface area (Å²) in [5, 5.41) is 1.81. The zero-order valence-corrected chi connectivity index (χ0v) is 18.4. The maximum Gasteiger partial charge on any atom is 0.280 e. The molecule has 0 radical (unpaired) electrons. The van der Waals surface area contributed by atoms with Gasteiger partial charge in [-0.3, -0.25) is 15.2 Å². The first kappa shape index (κ1) is 20.0. The third-order valence-corrected chi connectivity index (χ3v) is 6.34. The van der Waals surface area contributed by atoms with E-state index < -0.39 is 0 Å². The number of aryl methyl sites for hydroxylation is 1. The predicted octanol–water partition coefficient (Wildman–Crippen LogP) is 6.27. The second-order valence-electron chi connectivity index (χ2n) is 7.28. The minimum Gasteiger partial charge on any atom is -0.324 e. The Balaban J connectivity index is 1.46. The molecular weight excluding hydrogens is 416 g/mol. The molecular formula is C26H22N4OS. The Labute approximate surface area is 190 Å². The van der Waals surface area contributed by atoms with Gasteiger partial charge in [0, 0.05) is 6.54 Å². The number of nitrogens with one attached hydrogen (secondary N) is 1. The number of rotatable bonds is 6. The van der Waals surface area contributed by atoms with E-state index in [1.54, 1.807) is 0 Å². The fourth-order valence-electron chi connectivity index (χ4n) is 3.75. The molecule has 0 spiro atoms. The molecule has 0 saturated carbocycles. The lowest BCUT2D eigenvalue weighted by Gasteiger charge is -2.25. The Hall–Kier alpha value is -3.90. The van der Waals surface area contributed by atoms with E-state index in [1.807, 2.05) is 96.0 Å². The molecule has 0 aliphatic rings. The first-order valence-electron chi connectivity index (χ1n) is 10.5. The van der Waals surface area contributed by atoms with E-state index >= 15 is 0 Å². The van der Waals surface area contributed by atoms with E-state index in [0.717, 1.165) is 39.7 Å². The summed E-state index contributed by atoms with van der Waals surface area (Å²) in [6.45, 7) is 2.92. The van der Waals surface area contributed by atoms with Gasteiger partial charge >= 0.3 is 0 Å². The number of amides is 1. The van der Waals surface area contributed by atoms with Gasteiger partial charge in [-0.1, -0.05) is 48.5 Å². The number of carbonyl (C=O) groups is 1. The molecule has 0 unspecified atom stereocenters. The Morgan fingerprint density at radius 3 is 2.16 bits per heavy atom. The van der Waals surface area contributed by atoms with Gasteiger partial charge < -0.3 is 4.57 Å². The summed E-state index contributed by atoms with van der Waals surface area (Å²) in [5.41, 5.74) is 6.90. The second-order valence-corrected chi connectivity index (χ2v) is 8.36. The minimum absolute atomic E-state index is 0.159. The van der Waals surface area contributed by atoms with Crippen LogP contribution in [0.4, 0.5) is 11.4 Å². The average molecular weight is 439 g/mol. The van der Waals surface area contributed by atoms with Crippen LogP contribution in [0.25, 0.3) is 21.7 Å². The van der Waals surface area contributed by atoms with Crippen LogP contribution in [-0.2, 0) is 6.54 Å². The Kier molecular flexibility index (Phi) is 5.44. The second kappa shape index (κ2) is 8.69. The molecule has 2 heterocycles. The fourth-order valence-corrected chi connectivity index (χ4v) is 4.65. The van der Waals surface area contributed by atoms with Crippen LogP contribution in [0.1, 0.15) is 16.6 Å². The highest BCUT2D eigenvalue weighted by atomic mass is 32.1. The molecule has 32 heavy (non-hydrogen) atoms. The molecule has 0 aliphatic heterocycles. The van der Waals surface area contributed by atoms with Crippen LogP contribution in [0.5, 0.6) is 0 Å². The molecule has 1 N–H and O–H groups in total. The van der Waals surface area contributed by atoms with E-state index in [-0.39, 0.29) is 5.91 Å². The number of hydrazine groups is 1. The summed E-state index contributed by atoms with van der Waals surface area (Å²) in [6.07, 6.45) is 0. The molecule has 0 atom stereocenters. The van der Waals surface area contributed by atoms with Crippen molar-refractivity contribution in [1.29, 1.82) is 0 Å². The topological polar surface area (TPSA) is 50.2 Å². The van der Waals surface area contributed by atoms with Gasteiger partial charge in [0.15, 0.2) is 5.82 Å². The van der Waals surface area contributed by atoms with E-state index in [9.17, 15) is 4.79 Å². The van der Waals surface area contributed by atoms with Crippen molar-refractivity contribution in [2.24, 2.45) is 0 Å². The third kappa shape index (κ3) is 3.76. The van der Waals surface area contributed by atoms with Gasteiger partial charge in [0.1, 0.15) is 0 Å². The number of hydrogen-bond acceptors (Lipinski definition) is 4.